The first-order chi connectivity index (χ1) is 36.1. The Hall–Kier alpha value is -1.44. The maximum Gasteiger partial charge on any atom is 0.187 e. The summed E-state index contributed by atoms with van der Waals surface area (Å²) in [6, 6.07) is 0. The lowest BCUT2D eigenvalue weighted by molar-refractivity contribution is -0.391. The Bertz CT molecular complexity index is 2130. The van der Waals surface area contributed by atoms with Crippen molar-refractivity contribution in [1.82, 2.24) is 0 Å². The summed E-state index contributed by atoms with van der Waals surface area (Å²) in [6.07, 6.45) is -24.6. The van der Waals surface area contributed by atoms with Gasteiger partial charge in [0.15, 0.2) is 25.2 Å². The lowest BCUT2D eigenvalue weighted by Gasteiger charge is -2.70. The fourth-order valence-electron chi connectivity index (χ4n) is 16.0. The van der Waals surface area contributed by atoms with Crippen molar-refractivity contribution >= 4 is 0 Å². The van der Waals surface area contributed by atoms with E-state index in [2.05, 4.69) is 46.8 Å². The molecule has 0 aromatic carbocycles. The molecule has 8 fully saturated rings. The van der Waals surface area contributed by atoms with E-state index in [1.807, 2.05) is 6.92 Å². The minimum absolute atomic E-state index is 0.0869. The molecule has 15 N–H and O–H groups in total. The summed E-state index contributed by atoms with van der Waals surface area (Å²) in [4.78, 5) is 0. The van der Waals surface area contributed by atoms with Crippen LogP contribution in [0.2, 0.25) is 0 Å². The van der Waals surface area contributed by atoms with E-state index in [4.69, 9.17) is 37.9 Å². The first-order valence-electron chi connectivity index (χ1n) is 27.7. The smallest absolute Gasteiger partial charge is 0.187 e. The molecule has 0 spiro atoms. The Kier molecular flexibility index (Phi) is 17.2. The number of fused-ring (bicyclic) bond motifs is 7. The number of allylic oxidation sites excluding steroid dienone is 4. The van der Waals surface area contributed by atoms with Crippen LogP contribution in [0.5, 0.6) is 0 Å². The van der Waals surface area contributed by atoms with Crippen LogP contribution in [0.3, 0.4) is 0 Å². The molecule has 0 amide bonds. The summed E-state index contributed by atoms with van der Waals surface area (Å²) in [7, 11) is 0. The molecule has 0 aromatic rings. The highest BCUT2D eigenvalue weighted by molar-refractivity contribution is 5.46. The van der Waals surface area contributed by atoms with Gasteiger partial charge in [0.25, 0.3) is 0 Å². The molecule has 23 nitrogen and oxygen atoms in total. The lowest BCUT2D eigenvalue weighted by Crippen LogP contribution is -2.67. The zero-order valence-corrected chi connectivity index (χ0v) is 45.2. The number of hydrogen-bond acceptors (Lipinski definition) is 23. The van der Waals surface area contributed by atoms with Crippen LogP contribution >= 0.6 is 0 Å². The van der Waals surface area contributed by atoms with Gasteiger partial charge < -0.3 is 114 Å². The van der Waals surface area contributed by atoms with Crippen molar-refractivity contribution in [2.24, 2.45) is 44.3 Å². The predicted molar refractivity (Wildman–Crippen MR) is 264 cm³/mol. The minimum Gasteiger partial charge on any atom is -0.396 e. The average molecular weight is 1110 g/mol. The summed E-state index contributed by atoms with van der Waals surface area (Å²) in [5.74, 6) is -0.340. The summed E-state index contributed by atoms with van der Waals surface area (Å²) < 4.78 is 49.1. The molecular weight excluding hydrogens is 1020 g/mol. The maximum atomic E-state index is 12.1. The van der Waals surface area contributed by atoms with E-state index in [1.165, 1.54) is 18.1 Å². The molecule has 4 saturated heterocycles. The minimum atomic E-state index is -1.93. The van der Waals surface area contributed by atoms with Crippen LogP contribution in [0.4, 0.5) is 0 Å². The first kappa shape index (κ1) is 60.2. The van der Waals surface area contributed by atoms with Crippen LogP contribution < -0.4 is 0 Å². The van der Waals surface area contributed by atoms with Crippen molar-refractivity contribution in [3.05, 3.63) is 23.3 Å². The van der Waals surface area contributed by atoms with Gasteiger partial charge in [0.2, 0.25) is 0 Å². The second kappa shape index (κ2) is 22.0. The van der Waals surface area contributed by atoms with Gasteiger partial charge in [-0.05, 0) is 86.4 Å². The van der Waals surface area contributed by atoms with E-state index in [1.54, 1.807) is 0 Å². The third kappa shape index (κ3) is 9.66. The van der Waals surface area contributed by atoms with Crippen molar-refractivity contribution in [3.8, 4) is 0 Å². The Labute approximate surface area is 448 Å². The van der Waals surface area contributed by atoms with E-state index in [0.717, 1.165) is 12.8 Å². The highest BCUT2D eigenvalue weighted by Gasteiger charge is 2.70. The first-order valence-corrected chi connectivity index (χ1v) is 27.7. The number of hydrogen-bond donors (Lipinski definition) is 15. The molecule has 0 bridgehead atoms. The zero-order chi connectivity index (χ0) is 56.3. The fraction of sp³-hybridized carbons (Fsp3) is 0.926. The highest BCUT2D eigenvalue weighted by atomic mass is 16.8. The molecule has 77 heavy (non-hydrogen) atoms. The van der Waals surface area contributed by atoms with E-state index >= 15 is 0 Å². The summed E-state index contributed by atoms with van der Waals surface area (Å²) in [5.41, 5.74) is -1.04. The molecule has 9 rings (SSSR count). The summed E-state index contributed by atoms with van der Waals surface area (Å²) in [6.45, 7) is 12.0. The van der Waals surface area contributed by atoms with Crippen LogP contribution in [0.15, 0.2) is 23.3 Å². The van der Waals surface area contributed by atoms with Crippen LogP contribution in [-0.4, -0.2) is 245 Å². The van der Waals surface area contributed by atoms with E-state index in [9.17, 15) is 76.6 Å². The maximum absolute atomic E-state index is 12.1. The van der Waals surface area contributed by atoms with Gasteiger partial charge in [0, 0.05) is 16.2 Å². The summed E-state index contributed by atoms with van der Waals surface area (Å²) >= 11 is 0. The number of aliphatic hydroxyl groups is 15. The van der Waals surface area contributed by atoms with Gasteiger partial charge in [0.05, 0.1) is 51.3 Å². The molecule has 0 aromatic heterocycles. The van der Waals surface area contributed by atoms with Crippen LogP contribution in [0.1, 0.15) is 99.8 Å². The standard InChI is InChI=1S/C54H88O23/c1-23-33(60)43(76-48-44(39(66)36(63)28(20-57)73-48)77-46-41(68)38(65)35(62)27(19-56)72-46)42(69)47(70-23)74-31-11-12-50(4)29(51(31,5)21-58)10-13-52(6)30(50)9-8-24-25-16-49(2,3)14-15-54(25,22-59)32(17-53(24,52)7)75-45-40(67)37(64)34(61)26(18-55)71-45/h8-9,23,25-29,31-48,55-69H,10-22H2,1-7H3/t23-,25+,26-,27-,28-,29-,31+,32+,33+,34-,35-,36-,37+,38+,39+,40-,41-,42-,43+,44-,45+,46+,47+,48+,50+,51+,52-,53-,54-/m1/s1. The molecule has 4 aliphatic heterocycles. The number of ether oxygens (including phenoxy) is 8. The molecule has 4 heterocycles. The SMILES string of the molecule is C[C@H]1O[C@@H](O[C@H]2CC[C@]3(C)C4=CC=C5[C@@H]6CC(C)(C)CC[C@]6(CO)[C@@H](O[C@@H]6O[C@H](CO)[C@@H](O)[C@H](O)[C@H]6O)C[C@@]5(C)[C@]4(C)CC[C@H]3[C@]2(C)CO)[C@H](O)[C@@H](O[C@@H]2O[C@H](CO)[C@@H](O)[C@H](O)[C@H]2O[C@@H]2O[C@H](CO)[C@@H](O)[C@H](O)[C@H]2O)[C@H]1O. The molecule has 9 aliphatic rings. The van der Waals surface area contributed by atoms with Crippen molar-refractivity contribution in [2.45, 2.75) is 235 Å². The van der Waals surface area contributed by atoms with Gasteiger partial charge in [0.1, 0.15) is 91.6 Å². The third-order valence-electron chi connectivity index (χ3n) is 21.1. The topological polar surface area (TPSA) is 377 Å². The normalized spacial score (nSPS) is 54.7. The molecule has 23 heteroatoms. The van der Waals surface area contributed by atoms with Crippen molar-refractivity contribution in [2.75, 3.05) is 33.0 Å². The van der Waals surface area contributed by atoms with Gasteiger partial charge in [-0.1, -0.05) is 64.8 Å². The Morgan fingerprint density at radius 3 is 1.58 bits per heavy atom. The largest absolute Gasteiger partial charge is 0.396 e. The average Bonchev–Trinajstić information content (AvgIpc) is 3.40. The third-order valence-corrected chi connectivity index (χ3v) is 21.1. The second-order valence-electron chi connectivity index (χ2n) is 25.8. The molecule has 5 aliphatic carbocycles. The van der Waals surface area contributed by atoms with Gasteiger partial charge in [-0.25, -0.2) is 0 Å². The fourth-order valence-corrected chi connectivity index (χ4v) is 16.0. The Balaban J connectivity index is 0.975. The van der Waals surface area contributed by atoms with Crippen molar-refractivity contribution in [3.63, 3.8) is 0 Å². The van der Waals surface area contributed by atoms with Gasteiger partial charge in [-0.3, -0.25) is 0 Å². The molecule has 0 radical (unpaired) electrons. The Morgan fingerprint density at radius 1 is 0.481 bits per heavy atom. The van der Waals surface area contributed by atoms with Crippen LogP contribution in [0, 0.1) is 44.3 Å². The summed E-state index contributed by atoms with van der Waals surface area (Å²) in [5, 5.41) is 163. The van der Waals surface area contributed by atoms with Crippen LogP contribution in [0.25, 0.3) is 0 Å². The van der Waals surface area contributed by atoms with Crippen molar-refractivity contribution < 1.29 is 114 Å². The molecular formula is C54H88O23. The van der Waals surface area contributed by atoms with Gasteiger partial charge in [-0.15, -0.1) is 0 Å². The highest BCUT2D eigenvalue weighted by Crippen LogP contribution is 2.75. The zero-order valence-electron chi connectivity index (χ0n) is 45.2. The monoisotopic (exact) mass is 1100 g/mol. The number of rotatable bonds is 13. The number of aliphatic hydroxyl groups excluding tert-OH is 15. The molecule has 29 atom stereocenters. The lowest BCUT2D eigenvalue weighted by atomic mass is 9.35. The van der Waals surface area contributed by atoms with Gasteiger partial charge >= 0.3 is 0 Å². The predicted octanol–water partition coefficient (Wildman–Crippen LogP) is -2.67. The van der Waals surface area contributed by atoms with E-state index < -0.39 is 182 Å². The van der Waals surface area contributed by atoms with E-state index in [-0.39, 0.29) is 30.5 Å². The van der Waals surface area contributed by atoms with Gasteiger partial charge in [-0.2, -0.15) is 0 Å². The quantitative estimate of drug-likeness (QED) is 0.0836. The molecule has 0 unspecified atom stereocenters. The molecule has 442 valence electrons. The van der Waals surface area contributed by atoms with Crippen LogP contribution in [-0.2, 0) is 37.9 Å². The Morgan fingerprint density at radius 2 is 1.01 bits per heavy atom. The van der Waals surface area contributed by atoms with E-state index in [0.29, 0.717) is 38.5 Å². The second-order valence-corrected chi connectivity index (χ2v) is 25.8. The molecule has 4 saturated carbocycles. The van der Waals surface area contributed by atoms with Crippen molar-refractivity contribution in [1.29, 1.82) is 0 Å².